The molecule has 0 radical (unpaired) electrons. The molecular formula is C20H17N3O4. The van der Waals surface area contributed by atoms with Gasteiger partial charge in [0.15, 0.2) is 5.58 Å². The molecule has 1 aromatic carbocycles. The molecule has 136 valence electrons. The van der Waals surface area contributed by atoms with Gasteiger partial charge in [-0.3, -0.25) is 4.98 Å². The second kappa shape index (κ2) is 7.33. The summed E-state index contributed by atoms with van der Waals surface area (Å²) in [5, 5.41) is 0. The lowest BCUT2D eigenvalue weighted by Crippen LogP contribution is -1.98. The van der Waals surface area contributed by atoms with Crippen LogP contribution in [0.2, 0.25) is 0 Å². The summed E-state index contributed by atoms with van der Waals surface area (Å²) in [6.07, 6.45) is 3.29. The summed E-state index contributed by atoms with van der Waals surface area (Å²) in [5.41, 5.74) is 2.80. The Morgan fingerprint density at radius 2 is 1.59 bits per heavy atom. The van der Waals surface area contributed by atoms with Gasteiger partial charge in [0.1, 0.15) is 35.1 Å². The Hall–Kier alpha value is -3.61. The number of nitrogens with zero attached hydrogens (tertiary/aromatic N) is 3. The smallest absolute Gasteiger partial charge is 0.246 e. The van der Waals surface area contributed by atoms with Crippen molar-refractivity contribution in [2.24, 2.45) is 0 Å². The molecule has 7 nitrogen and oxygen atoms in total. The average Bonchev–Trinajstić information content (AvgIpc) is 3.16. The molecule has 27 heavy (non-hydrogen) atoms. The maximum Gasteiger partial charge on any atom is 0.246 e. The van der Waals surface area contributed by atoms with Gasteiger partial charge in [0.2, 0.25) is 5.89 Å². The summed E-state index contributed by atoms with van der Waals surface area (Å²) < 4.78 is 21.8. The molecule has 0 aliphatic heterocycles. The first kappa shape index (κ1) is 16.8. The number of aromatic nitrogens is 3. The van der Waals surface area contributed by atoms with Gasteiger partial charge < -0.3 is 18.6 Å². The molecule has 4 rings (SSSR count). The largest absolute Gasteiger partial charge is 0.495 e. The molecule has 0 bridgehead atoms. The minimum Gasteiger partial charge on any atom is -0.495 e. The Morgan fingerprint density at radius 3 is 2.26 bits per heavy atom. The molecule has 0 atom stereocenters. The lowest BCUT2D eigenvalue weighted by Gasteiger charge is -2.06. The third kappa shape index (κ3) is 3.67. The summed E-state index contributed by atoms with van der Waals surface area (Å²) in [4.78, 5) is 13.1. The van der Waals surface area contributed by atoms with Crippen LogP contribution in [-0.4, -0.2) is 29.2 Å². The number of ether oxygens (including phenoxy) is 3. The van der Waals surface area contributed by atoms with Crippen LogP contribution >= 0.6 is 0 Å². The van der Waals surface area contributed by atoms with Crippen LogP contribution in [0.25, 0.3) is 22.7 Å². The van der Waals surface area contributed by atoms with E-state index in [0.717, 1.165) is 5.69 Å². The number of fused-ring (bicyclic) bond motifs is 1. The van der Waals surface area contributed by atoms with Gasteiger partial charge >= 0.3 is 0 Å². The van der Waals surface area contributed by atoms with Crippen molar-refractivity contribution in [2.75, 3.05) is 14.2 Å². The Morgan fingerprint density at radius 1 is 0.852 bits per heavy atom. The number of hydrogen-bond acceptors (Lipinski definition) is 7. The Kier molecular flexibility index (Phi) is 4.57. The van der Waals surface area contributed by atoms with Crippen molar-refractivity contribution in [1.82, 2.24) is 15.0 Å². The fourth-order valence-corrected chi connectivity index (χ4v) is 2.51. The van der Waals surface area contributed by atoms with E-state index in [4.69, 9.17) is 18.6 Å². The third-order valence-electron chi connectivity index (χ3n) is 3.97. The Labute approximate surface area is 155 Å². The highest BCUT2D eigenvalue weighted by molar-refractivity contribution is 5.77. The minimum absolute atomic E-state index is 0.347. The first-order valence-electron chi connectivity index (χ1n) is 8.28. The van der Waals surface area contributed by atoms with E-state index >= 15 is 0 Å². The van der Waals surface area contributed by atoms with Crippen molar-refractivity contribution in [2.45, 2.75) is 6.61 Å². The predicted molar refractivity (Wildman–Crippen MR) is 98.9 cm³/mol. The molecule has 0 fully saturated rings. The molecule has 3 heterocycles. The average molecular weight is 363 g/mol. The number of rotatable bonds is 6. The van der Waals surface area contributed by atoms with Gasteiger partial charge in [-0.15, -0.1) is 0 Å². The van der Waals surface area contributed by atoms with Gasteiger partial charge in [-0.2, -0.15) is 0 Å². The van der Waals surface area contributed by atoms with Crippen LogP contribution in [0.15, 0.2) is 59.3 Å². The van der Waals surface area contributed by atoms with Gasteiger partial charge in [0.25, 0.3) is 0 Å². The van der Waals surface area contributed by atoms with E-state index in [1.54, 1.807) is 32.7 Å². The highest BCUT2D eigenvalue weighted by atomic mass is 16.5. The van der Waals surface area contributed by atoms with E-state index in [1.807, 2.05) is 36.4 Å². The molecule has 4 aromatic rings. The van der Waals surface area contributed by atoms with Crippen molar-refractivity contribution in [3.8, 4) is 28.8 Å². The molecule has 0 saturated carbocycles. The SMILES string of the molecule is COc1ccc(COc2ccc3oc(-c4ccc(OC)cn4)nc3c2)nc1. The van der Waals surface area contributed by atoms with Crippen LogP contribution in [-0.2, 0) is 6.61 Å². The predicted octanol–water partition coefficient (Wildman–Crippen LogP) is 3.88. The quantitative estimate of drug-likeness (QED) is 0.514. The zero-order valence-electron chi connectivity index (χ0n) is 14.9. The minimum atomic E-state index is 0.347. The third-order valence-corrected chi connectivity index (χ3v) is 3.97. The fraction of sp³-hybridized carbons (Fsp3) is 0.150. The van der Waals surface area contributed by atoms with E-state index in [9.17, 15) is 0 Å². The summed E-state index contributed by atoms with van der Waals surface area (Å²) >= 11 is 0. The van der Waals surface area contributed by atoms with Crippen molar-refractivity contribution >= 4 is 11.1 Å². The van der Waals surface area contributed by atoms with E-state index in [2.05, 4.69) is 15.0 Å². The molecule has 0 spiro atoms. The number of methoxy groups -OCH3 is 2. The van der Waals surface area contributed by atoms with Crippen molar-refractivity contribution in [1.29, 1.82) is 0 Å². The van der Waals surface area contributed by atoms with Gasteiger partial charge in [0.05, 0.1) is 32.3 Å². The molecule has 0 N–H and O–H groups in total. The number of pyridine rings is 2. The van der Waals surface area contributed by atoms with E-state index in [1.165, 1.54) is 0 Å². The standard InChI is InChI=1S/C20H17N3O4/c1-24-15-4-3-13(21-10-15)12-26-14-6-8-19-18(9-14)23-20(27-19)17-7-5-16(25-2)11-22-17/h3-11H,12H2,1-2H3. The molecule has 0 aliphatic rings. The van der Waals surface area contributed by atoms with Gasteiger partial charge in [-0.1, -0.05) is 0 Å². The van der Waals surface area contributed by atoms with Crippen molar-refractivity contribution in [3.05, 3.63) is 60.6 Å². The maximum absolute atomic E-state index is 5.80. The van der Waals surface area contributed by atoms with Crippen molar-refractivity contribution in [3.63, 3.8) is 0 Å². The summed E-state index contributed by atoms with van der Waals surface area (Å²) in [5.74, 6) is 2.52. The zero-order valence-corrected chi connectivity index (χ0v) is 14.9. The van der Waals surface area contributed by atoms with Gasteiger partial charge in [0, 0.05) is 6.07 Å². The number of oxazole rings is 1. The monoisotopic (exact) mass is 363 g/mol. The molecule has 0 saturated heterocycles. The molecular weight excluding hydrogens is 346 g/mol. The second-order valence-electron chi connectivity index (χ2n) is 5.71. The summed E-state index contributed by atoms with van der Waals surface area (Å²) in [6, 6.07) is 12.8. The number of hydrogen-bond donors (Lipinski definition) is 0. The van der Waals surface area contributed by atoms with Crippen molar-refractivity contribution < 1.29 is 18.6 Å². The maximum atomic E-state index is 5.80. The second-order valence-corrected chi connectivity index (χ2v) is 5.71. The first-order valence-corrected chi connectivity index (χ1v) is 8.28. The molecule has 3 aromatic heterocycles. The van der Waals surface area contributed by atoms with Gasteiger partial charge in [-0.05, 0) is 36.4 Å². The van der Waals surface area contributed by atoms with Crippen LogP contribution < -0.4 is 14.2 Å². The molecule has 7 heteroatoms. The van der Waals surface area contributed by atoms with Crippen LogP contribution in [0.1, 0.15) is 5.69 Å². The molecule has 0 amide bonds. The van der Waals surface area contributed by atoms with Crippen LogP contribution in [0.3, 0.4) is 0 Å². The topological polar surface area (TPSA) is 79.5 Å². The fourth-order valence-electron chi connectivity index (χ4n) is 2.51. The zero-order chi connectivity index (χ0) is 18.6. The lowest BCUT2D eigenvalue weighted by molar-refractivity contribution is 0.301. The summed E-state index contributed by atoms with van der Waals surface area (Å²) in [6.45, 7) is 0.347. The lowest BCUT2D eigenvalue weighted by atomic mass is 10.3. The van der Waals surface area contributed by atoms with Crippen LogP contribution in [0.5, 0.6) is 17.2 Å². The van der Waals surface area contributed by atoms with E-state index in [-0.39, 0.29) is 0 Å². The van der Waals surface area contributed by atoms with E-state index in [0.29, 0.717) is 46.5 Å². The normalized spacial score (nSPS) is 10.7. The van der Waals surface area contributed by atoms with Crippen LogP contribution in [0, 0.1) is 0 Å². The Balaban J connectivity index is 1.51. The molecule has 0 unspecified atom stereocenters. The first-order chi connectivity index (χ1) is 13.2. The van der Waals surface area contributed by atoms with E-state index < -0.39 is 0 Å². The number of benzene rings is 1. The highest BCUT2D eigenvalue weighted by Crippen LogP contribution is 2.27. The van der Waals surface area contributed by atoms with Gasteiger partial charge in [-0.25, -0.2) is 9.97 Å². The Bertz CT molecular complexity index is 1040. The highest BCUT2D eigenvalue weighted by Gasteiger charge is 2.11. The van der Waals surface area contributed by atoms with Crippen LogP contribution in [0.4, 0.5) is 0 Å². The molecule has 0 aliphatic carbocycles. The summed E-state index contributed by atoms with van der Waals surface area (Å²) in [7, 11) is 3.20.